The predicted molar refractivity (Wildman–Crippen MR) is 93.1 cm³/mol. The van der Waals surface area contributed by atoms with E-state index in [0.29, 0.717) is 35.9 Å². The molecule has 2 heterocycles. The summed E-state index contributed by atoms with van der Waals surface area (Å²) < 4.78 is 12.4. The molecule has 8 heteroatoms. The van der Waals surface area contributed by atoms with Crippen molar-refractivity contribution in [3.05, 3.63) is 30.2 Å². The summed E-state index contributed by atoms with van der Waals surface area (Å²) >= 11 is 0. The number of nitrogens with zero attached hydrogens (tertiary/aromatic N) is 5. The smallest absolute Gasteiger partial charge is 0.163 e. The van der Waals surface area contributed by atoms with Crippen LogP contribution in [0.3, 0.4) is 0 Å². The molecule has 128 valence electrons. The van der Waals surface area contributed by atoms with Crippen molar-refractivity contribution >= 4 is 22.5 Å². The Labute approximate surface area is 145 Å². The van der Waals surface area contributed by atoms with Gasteiger partial charge in [-0.15, -0.1) is 0 Å². The minimum Gasteiger partial charge on any atom is -0.493 e. The highest BCUT2D eigenvalue weighted by Gasteiger charge is 2.13. The lowest BCUT2D eigenvalue weighted by Gasteiger charge is -2.14. The number of benzene rings is 1. The van der Waals surface area contributed by atoms with E-state index < -0.39 is 0 Å². The zero-order chi connectivity index (χ0) is 17.8. The van der Waals surface area contributed by atoms with Gasteiger partial charge in [0.1, 0.15) is 12.1 Å². The lowest BCUT2D eigenvalue weighted by molar-refractivity contribution is 0.355. The Morgan fingerprint density at radius 2 is 1.96 bits per heavy atom. The molecule has 3 rings (SSSR count). The molecule has 2 aromatic heterocycles. The highest BCUT2D eigenvalue weighted by molar-refractivity contribution is 5.88. The van der Waals surface area contributed by atoms with Gasteiger partial charge in [0, 0.05) is 11.8 Å². The average molecular weight is 338 g/mol. The fourth-order valence-electron chi connectivity index (χ4n) is 2.55. The van der Waals surface area contributed by atoms with Crippen LogP contribution in [-0.4, -0.2) is 34.0 Å². The molecule has 0 amide bonds. The molecule has 1 N–H and O–H groups in total. The SMILES string of the molecule is COc1cc(C)c(Nc2ncnc3c2cnn3CCC#N)cc1OC. The second-order valence-corrected chi connectivity index (χ2v) is 5.38. The van der Waals surface area contributed by atoms with Crippen LogP contribution < -0.4 is 14.8 Å². The largest absolute Gasteiger partial charge is 0.493 e. The summed E-state index contributed by atoms with van der Waals surface area (Å²) in [7, 11) is 3.20. The quantitative estimate of drug-likeness (QED) is 0.738. The average Bonchev–Trinajstić information content (AvgIpc) is 3.05. The lowest BCUT2D eigenvalue weighted by Crippen LogP contribution is -2.02. The van der Waals surface area contributed by atoms with Crippen molar-refractivity contribution in [3.63, 3.8) is 0 Å². The van der Waals surface area contributed by atoms with E-state index in [1.54, 1.807) is 25.1 Å². The molecule has 0 fully saturated rings. The summed E-state index contributed by atoms with van der Waals surface area (Å²) in [4.78, 5) is 8.60. The molecule has 0 aliphatic carbocycles. The maximum absolute atomic E-state index is 8.75. The summed E-state index contributed by atoms with van der Waals surface area (Å²) in [6.45, 7) is 2.46. The summed E-state index contributed by atoms with van der Waals surface area (Å²) in [6, 6.07) is 5.87. The molecule has 1 aromatic carbocycles. The highest BCUT2D eigenvalue weighted by Crippen LogP contribution is 2.34. The normalized spacial score (nSPS) is 10.5. The number of aromatic nitrogens is 4. The van der Waals surface area contributed by atoms with Crippen LogP contribution in [0.1, 0.15) is 12.0 Å². The van der Waals surface area contributed by atoms with Crippen molar-refractivity contribution in [2.24, 2.45) is 0 Å². The van der Waals surface area contributed by atoms with Crippen molar-refractivity contribution in [2.45, 2.75) is 19.9 Å². The lowest BCUT2D eigenvalue weighted by atomic mass is 10.1. The van der Waals surface area contributed by atoms with Crippen LogP contribution in [0.25, 0.3) is 11.0 Å². The number of ether oxygens (including phenoxy) is 2. The third-order valence-electron chi connectivity index (χ3n) is 3.85. The van der Waals surface area contributed by atoms with Crippen molar-refractivity contribution in [2.75, 3.05) is 19.5 Å². The van der Waals surface area contributed by atoms with Crippen molar-refractivity contribution in [3.8, 4) is 17.6 Å². The van der Waals surface area contributed by atoms with Crippen LogP contribution >= 0.6 is 0 Å². The van der Waals surface area contributed by atoms with Crippen molar-refractivity contribution < 1.29 is 9.47 Å². The van der Waals surface area contributed by atoms with Crippen LogP contribution in [0.4, 0.5) is 11.5 Å². The molecular formula is C17H18N6O2. The van der Waals surface area contributed by atoms with Crippen LogP contribution in [0.2, 0.25) is 0 Å². The maximum Gasteiger partial charge on any atom is 0.163 e. The topological polar surface area (TPSA) is 97.9 Å². The van der Waals surface area contributed by atoms with Gasteiger partial charge in [-0.2, -0.15) is 10.4 Å². The number of rotatable bonds is 6. The van der Waals surface area contributed by atoms with Gasteiger partial charge in [-0.3, -0.25) is 0 Å². The first-order valence-corrected chi connectivity index (χ1v) is 7.71. The fourth-order valence-corrected chi connectivity index (χ4v) is 2.55. The van der Waals surface area contributed by atoms with E-state index >= 15 is 0 Å². The molecule has 0 aliphatic heterocycles. The van der Waals surface area contributed by atoms with E-state index in [4.69, 9.17) is 14.7 Å². The third kappa shape index (κ3) is 3.17. The zero-order valence-electron chi connectivity index (χ0n) is 14.3. The first kappa shape index (κ1) is 16.5. The number of nitriles is 1. The van der Waals surface area contributed by atoms with E-state index in [1.807, 2.05) is 19.1 Å². The fraction of sp³-hybridized carbons (Fsp3) is 0.294. The second-order valence-electron chi connectivity index (χ2n) is 5.38. The van der Waals surface area contributed by atoms with E-state index in [-0.39, 0.29) is 0 Å². The van der Waals surface area contributed by atoms with Crippen LogP contribution in [0.5, 0.6) is 11.5 Å². The number of anilines is 2. The van der Waals surface area contributed by atoms with Gasteiger partial charge < -0.3 is 14.8 Å². The molecule has 0 spiro atoms. The molecule has 0 atom stereocenters. The number of nitrogens with one attached hydrogen (secondary N) is 1. The summed E-state index contributed by atoms with van der Waals surface area (Å²) in [5, 5.41) is 17.1. The van der Waals surface area contributed by atoms with Crippen LogP contribution in [-0.2, 0) is 6.54 Å². The van der Waals surface area contributed by atoms with E-state index in [9.17, 15) is 0 Å². The minimum absolute atomic E-state index is 0.373. The van der Waals surface area contributed by atoms with Crippen molar-refractivity contribution in [1.29, 1.82) is 5.26 Å². The number of hydrogen-bond acceptors (Lipinski definition) is 7. The molecule has 25 heavy (non-hydrogen) atoms. The number of hydrogen-bond donors (Lipinski definition) is 1. The Morgan fingerprint density at radius 3 is 2.68 bits per heavy atom. The number of aryl methyl sites for hydroxylation is 2. The van der Waals surface area contributed by atoms with E-state index in [0.717, 1.165) is 16.6 Å². The summed E-state index contributed by atoms with van der Waals surface area (Å²) in [6.07, 6.45) is 3.55. The van der Waals surface area contributed by atoms with Gasteiger partial charge in [-0.05, 0) is 18.6 Å². The maximum atomic E-state index is 8.75. The molecular weight excluding hydrogens is 320 g/mol. The zero-order valence-corrected chi connectivity index (χ0v) is 14.3. The molecule has 0 radical (unpaired) electrons. The monoisotopic (exact) mass is 338 g/mol. The summed E-state index contributed by atoms with van der Waals surface area (Å²) in [5.74, 6) is 1.94. The first-order valence-electron chi connectivity index (χ1n) is 7.71. The van der Waals surface area contributed by atoms with Gasteiger partial charge in [0.05, 0.1) is 44.8 Å². The molecule has 0 saturated heterocycles. The third-order valence-corrected chi connectivity index (χ3v) is 3.85. The Balaban J connectivity index is 1.99. The summed E-state index contributed by atoms with van der Waals surface area (Å²) in [5.41, 5.74) is 2.52. The van der Waals surface area contributed by atoms with Gasteiger partial charge in [0.15, 0.2) is 17.1 Å². The number of fused-ring (bicyclic) bond motifs is 1. The van der Waals surface area contributed by atoms with Crippen LogP contribution in [0.15, 0.2) is 24.7 Å². The number of methoxy groups -OCH3 is 2. The Morgan fingerprint density at radius 1 is 1.20 bits per heavy atom. The van der Waals surface area contributed by atoms with E-state index in [2.05, 4.69) is 26.5 Å². The van der Waals surface area contributed by atoms with Gasteiger partial charge in [-0.1, -0.05) is 0 Å². The molecule has 3 aromatic rings. The first-order chi connectivity index (χ1) is 12.2. The van der Waals surface area contributed by atoms with Gasteiger partial charge in [-0.25, -0.2) is 14.6 Å². The molecule has 0 aliphatic rings. The Hall–Kier alpha value is -3.34. The van der Waals surface area contributed by atoms with Gasteiger partial charge in [0.25, 0.3) is 0 Å². The minimum atomic E-state index is 0.373. The Bertz CT molecular complexity index is 944. The van der Waals surface area contributed by atoms with Crippen molar-refractivity contribution in [1.82, 2.24) is 19.7 Å². The molecule has 8 nitrogen and oxygen atoms in total. The van der Waals surface area contributed by atoms with Gasteiger partial charge in [0.2, 0.25) is 0 Å². The molecule has 0 unspecified atom stereocenters. The van der Waals surface area contributed by atoms with Crippen LogP contribution in [0, 0.1) is 18.3 Å². The van der Waals surface area contributed by atoms with E-state index in [1.165, 1.54) is 6.33 Å². The van der Waals surface area contributed by atoms with Gasteiger partial charge >= 0.3 is 0 Å². The highest BCUT2D eigenvalue weighted by atomic mass is 16.5. The standard InChI is InChI=1S/C17H18N6O2/c1-11-7-14(24-2)15(25-3)8-13(11)22-16-12-9-21-23(6-4-5-18)17(12)20-10-19-16/h7-10H,4,6H2,1-3H3,(H,19,20,22). The molecule has 0 bridgehead atoms. The molecule has 0 saturated carbocycles. The predicted octanol–water partition coefficient (Wildman–Crippen LogP) is 2.81. The Kier molecular flexibility index (Phi) is 4.66. The second kappa shape index (κ2) is 7.05.